The zero-order valence-electron chi connectivity index (χ0n) is 8.40. The molecule has 0 unspecified atom stereocenters. The van der Waals surface area contributed by atoms with Crippen molar-refractivity contribution in [2.75, 3.05) is 31.6 Å². The summed E-state index contributed by atoms with van der Waals surface area (Å²) in [6, 6.07) is 6.08. The molecule has 1 aromatic carbocycles. The second-order valence-corrected chi connectivity index (χ2v) is 3.96. The summed E-state index contributed by atoms with van der Waals surface area (Å²) in [5.41, 5.74) is 3.56. The maximum atomic E-state index is 10.5. The van der Waals surface area contributed by atoms with Gasteiger partial charge in [0.15, 0.2) is 0 Å². The molecule has 0 atom stereocenters. The number of quaternary nitrogens is 1. The zero-order chi connectivity index (χ0) is 10.3. The number of carbonyl (C=O) groups is 1. The van der Waals surface area contributed by atoms with Crippen molar-refractivity contribution in [1.29, 1.82) is 0 Å². The molecule has 1 saturated heterocycles. The summed E-state index contributed by atoms with van der Waals surface area (Å²) in [6.07, 6.45) is 0.741. The second-order valence-electron chi connectivity index (χ2n) is 3.96. The van der Waals surface area contributed by atoms with E-state index in [0.29, 0.717) is 0 Å². The Morgan fingerprint density at radius 1 is 1.33 bits per heavy atom. The number of benzene rings is 1. The van der Waals surface area contributed by atoms with E-state index in [-0.39, 0.29) is 0 Å². The van der Waals surface area contributed by atoms with Gasteiger partial charge >= 0.3 is 0 Å². The number of hydrogen-bond acceptors (Lipinski definition) is 2. The summed E-state index contributed by atoms with van der Waals surface area (Å²) in [5.74, 6) is 0. The molecule has 0 aliphatic carbocycles. The van der Waals surface area contributed by atoms with E-state index in [1.165, 1.54) is 11.4 Å². The SMILES string of the molecule is O=CNc1cccc2c1[N+]21CCOCC1. The van der Waals surface area contributed by atoms with Gasteiger partial charge < -0.3 is 10.1 Å². The highest BCUT2D eigenvalue weighted by molar-refractivity contribution is 6.00. The van der Waals surface area contributed by atoms with Crippen LogP contribution in [0.25, 0.3) is 0 Å². The highest BCUT2D eigenvalue weighted by Gasteiger charge is 2.55. The number of nitrogens with one attached hydrogen (secondary N) is 1. The van der Waals surface area contributed by atoms with Gasteiger partial charge in [0.1, 0.15) is 18.8 Å². The van der Waals surface area contributed by atoms with Crippen molar-refractivity contribution < 1.29 is 9.53 Å². The van der Waals surface area contributed by atoms with E-state index in [1.54, 1.807) is 0 Å². The summed E-state index contributed by atoms with van der Waals surface area (Å²) in [4.78, 5) is 10.5. The molecule has 3 rings (SSSR count). The number of amides is 1. The van der Waals surface area contributed by atoms with Crippen molar-refractivity contribution in [3.63, 3.8) is 0 Å². The van der Waals surface area contributed by atoms with Crippen LogP contribution >= 0.6 is 0 Å². The third kappa shape index (κ3) is 1.12. The van der Waals surface area contributed by atoms with E-state index in [1.807, 2.05) is 12.1 Å². The number of rotatable bonds is 2. The minimum Gasteiger partial charge on any atom is -0.370 e. The number of para-hydroxylation sites is 1. The maximum absolute atomic E-state index is 10.5. The summed E-state index contributed by atoms with van der Waals surface area (Å²) >= 11 is 0. The van der Waals surface area contributed by atoms with Gasteiger partial charge in [-0.2, -0.15) is 0 Å². The first-order chi connectivity index (χ1) is 7.38. The lowest BCUT2D eigenvalue weighted by Gasteiger charge is -2.23. The lowest BCUT2D eigenvalue weighted by molar-refractivity contribution is -0.105. The molecule has 1 spiro atoms. The van der Waals surface area contributed by atoms with Crippen LogP contribution < -0.4 is 9.80 Å². The smallest absolute Gasteiger partial charge is 0.223 e. The first kappa shape index (κ1) is 8.88. The third-order valence-corrected chi connectivity index (χ3v) is 3.30. The van der Waals surface area contributed by atoms with Crippen molar-refractivity contribution in [2.24, 2.45) is 0 Å². The van der Waals surface area contributed by atoms with Gasteiger partial charge in [-0.15, -0.1) is 0 Å². The largest absolute Gasteiger partial charge is 0.370 e. The first-order valence-corrected chi connectivity index (χ1v) is 5.18. The molecule has 0 bridgehead atoms. The predicted octanol–water partition coefficient (Wildman–Crippen LogP) is 1.24. The molecule has 4 nitrogen and oxygen atoms in total. The predicted molar refractivity (Wildman–Crippen MR) is 58.1 cm³/mol. The van der Waals surface area contributed by atoms with Crippen LogP contribution in [0.5, 0.6) is 0 Å². The average molecular weight is 205 g/mol. The highest BCUT2D eigenvalue weighted by Crippen LogP contribution is 2.60. The summed E-state index contributed by atoms with van der Waals surface area (Å²) in [5, 5.41) is 2.76. The fourth-order valence-corrected chi connectivity index (χ4v) is 2.54. The van der Waals surface area contributed by atoms with Gasteiger partial charge in [-0.1, -0.05) is 6.07 Å². The fraction of sp³-hybridized carbons (Fsp3) is 0.364. The van der Waals surface area contributed by atoms with Gasteiger partial charge in [0.2, 0.25) is 17.8 Å². The number of anilines is 1. The molecule has 2 aliphatic rings. The van der Waals surface area contributed by atoms with Crippen LogP contribution in [-0.2, 0) is 9.53 Å². The number of ether oxygens (including phenoxy) is 1. The normalized spacial score (nSPS) is 20.8. The topological polar surface area (TPSA) is 38.3 Å². The molecular weight excluding hydrogens is 192 g/mol. The Morgan fingerprint density at radius 2 is 2.13 bits per heavy atom. The lowest BCUT2D eigenvalue weighted by atomic mass is 10.3. The van der Waals surface area contributed by atoms with Crippen LogP contribution in [0.2, 0.25) is 0 Å². The number of carbonyl (C=O) groups excluding carboxylic acids is 1. The van der Waals surface area contributed by atoms with E-state index < -0.39 is 0 Å². The second kappa shape index (κ2) is 3.05. The van der Waals surface area contributed by atoms with Gasteiger partial charge in [0.25, 0.3) is 0 Å². The van der Waals surface area contributed by atoms with Crippen molar-refractivity contribution in [2.45, 2.75) is 0 Å². The van der Waals surface area contributed by atoms with Gasteiger partial charge in [0.05, 0.1) is 13.2 Å². The third-order valence-electron chi connectivity index (χ3n) is 3.30. The Morgan fingerprint density at radius 3 is 2.87 bits per heavy atom. The van der Waals surface area contributed by atoms with Gasteiger partial charge in [-0.05, 0) is 6.07 Å². The maximum Gasteiger partial charge on any atom is 0.223 e. The summed E-state index contributed by atoms with van der Waals surface area (Å²) < 4.78 is 6.29. The molecule has 78 valence electrons. The van der Waals surface area contributed by atoms with Crippen LogP contribution in [0.4, 0.5) is 17.1 Å². The van der Waals surface area contributed by atoms with Crippen molar-refractivity contribution in [3.05, 3.63) is 18.2 Å². The van der Waals surface area contributed by atoms with Crippen LogP contribution in [-0.4, -0.2) is 32.7 Å². The van der Waals surface area contributed by atoms with Crippen LogP contribution in [0, 0.1) is 0 Å². The van der Waals surface area contributed by atoms with E-state index in [0.717, 1.165) is 42.9 Å². The molecule has 1 amide bonds. The molecule has 4 heteroatoms. The zero-order valence-corrected chi connectivity index (χ0v) is 8.40. The highest BCUT2D eigenvalue weighted by atomic mass is 16.5. The van der Waals surface area contributed by atoms with E-state index in [4.69, 9.17) is 4.74 Å². The summed E-state index contributed by atoms with van der Waals surface area (Å²) in [7, 11) is 0. The Kier molecular flexibility index (Phi) is 1.81. The minimum absolute atomic E-state index is 0.741. The average Bonchev–Trinajstić information content (AvgIpc) is 2.89. The lowest BCUT2D eigenvalue weighted by Crippen LogP contribution is -2.42. The monoisotopic (exact) mass is 205 g/mol. The molecule has 2 heterocycles. The Bertz CT molecular complexity index is 411. The Balaban J connectivity index is 1.97. The first-order valence-electron chi connectivity index (χ1n) is 5.18. The standard InChI is InChI=1S/C11H12N2O2/c14-8-12-9-2-1-3-10-11(9)13(10)4-6-15-7-5-13/h1-3,8H,4-7H2/p+1. The van der Waals surface area contributed by atoms with E-state index in [2.05, 4.69) is 11.4 Å². The molecule has 15 heavy (non-hydrogen) atoms. The molecule has 1 N–H and O–H groups in total. The Hall–Kier alpha value is -1.39. The number of morpholine rings is 1. The molecular formula is C11H13N2O2+. The number of fused-ring (bicyclic) bond motifs is 3. The molecule has 0 aromatic heterocycles. The Labute approximate surface area is 88.0 Å². The minimum atomic E-state index is 0.741. The quantitative estimate of drug-likeness (QED) is 0.448. The van der Waals surface area contributed by atoms with Gasteiger partial charge in [-0.3, -0.25) is 4.79 Å². The summed E-state index contributed by atoms with van der Waals surface area (Å²) in [6.45, 7) is 3.59. The number of hydrogen-bond donors (Lipinski definition) is 1. The number of nitrogens with zero attached hydrogens (tertiary/aromatic N) is 1. The van der Waals surface area contributed by atoms with E-state index >= 15 is 0 Å². The van der Waals surface area contributed by atoms with Crippen LogP contribution in [0.1, 0.15) is 0 Å². The van der Waals surface area contributed by atoms with Crippen molar-refractivity contribution >= 4 is 23.5 Å². The molecule has 0 radical (unpaired) electrons. The van der Waals surface area contributed by atoms with Crippen LogP contribution in [0.3, 0.4) is 0 Å². The van der Waals surface area contributed by atoms with Gasteiger partial charge in [-0.25, -0.2) is 4.48 Å². The van der Waals surface area contributed by atoms with Crippen molar-refractivity contribution in [1.82, 2.24) is 4.48 Å². The molecule has 1 aromatic rings. The van der Waals surface area contributed by atoms with Crippen molar-refractivity contribution in [3.8, 4) is 0 Å². The fourth-order valence-electron chi connectivity index (χ4n) is 2.54. The van der Waals surface area contributed by atoms with Gasteiger partial charge in [0, 0.05) is 6.07 Å². The molecule has 1 fully saturated rings. The van der Waals surface area contributed by atoms with E-state index in [9.17, 15) is 4.79 Å². The molecule has 2 aliphatic heterocycles. The van der Waals surface area contributed by atoms with Crippen LogP contribution in [0.15, 0.2) is 18.2 Å². The molecule has 0 saturated carbocycles.